The number of benzene rings is 1. The van der Waals surface area contributed by atoms with E-state index in [0.717, 1.165) is 0 Å². The highest BCUT2D eigenvalue weighted by Gasteiger charge is 2.12. The van der Waals surface area contributed by atoms with Crippen molar-refractivity contribution in [3.05, 3.63) is 34.9 Å². The van der Waals surface area contributed by atoms with Gasteiger partial charge < -0.3 is 10.2 Å². The second kappa shape index (κ2) is 5.49. The Bertz CT molecular complexity index is 650. The molecule has 1 heterocycles. The Hall–Kier alpha value is -2.09. The average Bonchev–Trinajstić information content (AvgIpc) is 2.35. The van der Waals surface area contributed by atoms with E-state index in [1.807, 2.05) is 0 Å². The first kappa shape index (κ1) is 14.3. The first-order chi connectivity index (χ1) is 9.36. The molecule has 0 aliphatic rings. The fourth-order valence-electron chi connectivity index (χ4n) is 1.33. The summed E-state index contributed by atoms with van der Waals surface area (Å²) in [5.41, 5.74) is -0.309. The van der Waals surface area contributed by atoms with Gasteiger partial charge in [0, 0.05) is 26.2 Å². The van der Waals surface area contributed by atoms with Crippen LogP contribution in [0, 0.1) is 17.5 Å². The summed E-state index contributed by atoms with van der Waals surface area (Å²) in [5, 5.41) is 2.30. The fourth-order valence-corrected chi connectivity index (χ4v) is 1.49. The molecule has 0 unspecified atom stereocenters. The summed E-state index contributed by atoms with van der Waals surface area (Å²) in [4.78, 5) is 13.1. The molecule has 20 heavy (non-hydrogen) atoms. The first-order valence-electron chi connectivity index (χ1n) is 5.37. The molecule has 5 nitrogen and oxygen atoms in total. The highest BCUT2D eigenvalue weighted by Crippen LogP contribution is 2.22. The van der Waals surface area contributed by atoms with Gasteiger partial charge in [-0.15, -0.1) is 0 Å². The highest BCUT2D eigenvalue weighted by atomic mass is 35.5. The van der Waals surface area contributed by atoms with Crippen LogP contribution in [0.15, 0.2) is 12.1 Å². The number of hydrogen-bond donors (Lipinski definition) is 1. The van der Waals surface area contributed by atoms with Crippen LogP contribution >= 0.6 is 11.6 Å². The van der Waals surface area contributed by atoms with Crippen molar-refractivity contribution >= 4 is 29.2 Å². The molecule has 0 bridgehead atoms. The van der Waals surface area contributed by atoms with E-state index in [0.29, 0.717) is 12.1 Å². The van der Waals surface area contributed by atoms with Crippen LogP contribution in [0.1, 0.15) is 0 Å². The van der Waals surface area contributed by atoms with Gasteiger partial charge in [0.1, 0.15) is 5.82 Å². The van der Waals surface area contributed by atoms with Gasteiger partial charge >= 0.3 is 0 Å². The maximum Gasteiger partial charge on any atom is 0.233 e. The average molecular weight is 304 g/mol. The van der Waals surface area contributed by atoms with Crippen molar-refractivity contribution in [1.29, 1.82) is 0 Å². The summed E-state index contributed by atoms with van der Waals surface area (Å²) in [6.07, 6.45) is 0. The lowest BCUT2D eigenvalue weighted by Crippen LogP contribution is -2.14. The maximum absolute atomic E-state index is 13.5. The van der Waals surface area contributed by atoms with E-state index in [1.54, 1.807) is 19.0 Å². The second-order valence-electron chi connectivity index (χ2n) is 3.99. The van der Waals surface area contributed by atoms with Crippen LogP contribution in [0.5, 0.6) is 0 Å². The molecule has 0 fully saturated rings. The molecule has 2 rings (SSSR count). The molecule has 1 aromatic heterocycles. The Balaban J connectivity index is 2.37. The molecular formula is C11H9ClF3N5. The van der Waals surface area contributed by atoms with Crippen molar-refractivity contribution in [2.45, 2.75) is 0 Å². The minimum Gasteiger partial charge on any atom is -0.347 e. The monoisotopic (exact) mass is 303 g/mol. The summed E-state index contributed by atoms with van der Waals surface area (Å²) < 4.78 is 39.4. The van der Waals surface area contributed by atoms with Gasteiger partial charge in [0.2, 0.25) is 17.2 Å². The quantitative estimate of drug-likeness (QED) is 0.884. The minimum absolute atomic E-state index is 0.0846. The highest BCUT2D eigenvalue weighted by molar-refractivity contribution is 6.28. The van der Waals surface area contributed by atoms with Crippen LogP contribution in [-0.2, 0) is 0 Å². The molecule has 9 heteroatoms. The lowest BCUT2D eigenvalue weighted by atomic mass is 10.3. The van der Waals surface area contributed by atoms with E-state index in [2.05, 4.69) is 20.3 Å². The smallest absolute Gasteiger partial charge is 0.233 e. The van der Waals surface area contributed by atoms with Crippen LogP contribution in [0.25, 0.3) is 0 Å². The van der Waals surface area contributed by atoms with Crippen molar-refractivity contribution in [2.24, 2.45) is 0 Å². The second-order valence-corrected chi connectivity index (χ2v) is 4.33. The standard InChI is InChI=1S/C11H9ClF3N5/c1-20(2)11-18-9(12)17-10(19-11)16-8-4-6(14)5(13)3-7(8)15/h3-4H,1-2H3,(H,16,17,18,19). The molecule has 0 atom stereocenters. The Morgan fingerprint density at radius 2 is 1.65 bits per heavy atom. The molecule has 0 aliphatic heterocycles. The SMILES string of the molecule is CN(C)c1nc(Cl)nc(Nc2cc(F)c(F)cc2F)n1. The summed E-state index contributed by atoms with van der Waals surface area (Å²) >= 11 is 5.70. The molecule has 1 N–H and O–H groups in total. The Morgan fingerprint density at radius 1 is 1.00 bits per heavy atom. The third kappa shape index (κ3) is 3.08. The number of halogens is 4. The Morgan fingerprint density at radius 3 is 2.30 bits per heavy atom. The number of nitrogens with zero attached hydrogens (tertiary/aromatic N) is 4. The summed E-state index contributed by atoms with van der Waals surface area (Å²) in [6.45, 7) is 0. The number of rotatable bonds is 3. The third-order valence-corrected chi connectivity index (χ3v) is 2.42. The van der Waals surface area contributed by atoms with Crippen molar-refractivity contribution in [3.63, 3.8) is 0 Å². The van der Waals surface area contributed by atoms with E-state index in [4.69, 9.17) is 11.6 Å². The zero-order valence-electron chi connectivity index (χ0n) is 10.5. The van der Waals surface area contributed by atoms with Crippen LogP contribution in [0.2, 0.25) is 5.28 Å². The van der Waals surface area contributed by atoms with Crippen LogP contribution in [0.3, 0.4) is 0 Å². The maximum atomic E-state index is 13.5. The zero-order chi connectivity index (χ0) is 14.9. The topological polar surface area (TPSA) is 53.9 Å². The number of hydrogen-bond acceptors (Lipinski definition) is 5. The predicted molar refractivity (Wildman–Crippen MR) is 68.8 cm³/mol. The van der Waals surface area contributed by atoms with Crippen molar-refractivity contribution in [1.82, 2.24) is 15.0 Å². The molecule has 2 aromatic rings. The number of nitrogens with one attached hydrogen (secondary N) is 1. The van der Waals surface area contributed by atoms with E-state index >= 15 is 0 Å². The summed E-state index contributed by atoms with van der Waals surface area (Å²) in [6, 6.07) is 1.09. The van der Waals surface area contributed by atoms with E-state index < -0.39 is 17.5 Å². The summed E-state index contributed by atoms with van der Waals surface area (Å²) in [7, 11) is 3.35. The molecule has 0 spiro atoms. The van der Waals surface area contributed by atoms with E-state index in [9.17, 15) is 13.2 Å². The van der Waals surface area contributed by atoms with Gasteiger partial charge in [-0.1, -0.05) is 0 Å². The summed E-state index contributed by atoms with van der Waals surface area (Å²) in [5.74, 6) is -3.31. The van der Waals surface area contributed by atoms with E-state index in [-0.39, 0.29) is 22.9 Å². The predicted octanol–water partition coefficient (Wildman–Crippen LogP) is 2.75. The first-order valence-corrected chi connectivity index (χ1v) is 5.75. The number of anilines is 3. The van der Waals surface area contributed by atoms with Crippen molar-refractivity contribution in [2.75, 3.05) is 24.3 Å². The van der Waals surface area contributed by atoms with Gasteiger partial charge in [-0.25, -0.2) is 13.2 Å². The van der Waals surface area contributed by atoms with E-state index in [1.165, 1.54) is 0 Å². The van der Waals surface area contributed by atoms with Crippen molar-refractivity contribution in [3.8, 4) is 0 Å². The lowest BCUT2D eigenvalue weighted by Gasteiger charge is -2.12. The zero-order valence-corrected chi connectivity index (χ0v) is 11.2. The van der Waals surface area contributed by atoms with Crippen LogP contribution in [0.4, 0.5) is 30.8 Å². The Labute approximate surface area is 117 Å². The molecular weight excluding hydrogens is 295 g/mol. The fraction of sp³-hybridized carbons (Fsp3) is 0.182. The van der Waals surface area contributed by atoms with Gasteiger partial charge in [0.05, 0.1) is 5.69 Å². The molecule has 0 radical (unpaired) electrons. The van der Waals surface area contributed by atoms with Gasteiger partial charge in [-0.2, -0.15) is 15.0 Å². The van der Waals surface area contributed by atoms with Gasteiger partial charge in [0.15, 0.2) is 11.6 Å². The molecule has 0 saturated carbocycles. The largest absolute Gasteiger partial charge is 0.347 e. The van der Waals surface area contributed by atoms with Crippen molar-refractivity contribution < 1.29 is 13.2 Å². The van der Waals surface area contributed by atoms with Gasteiger partial charge in [-0.3, -0.25) is 0 Å². The van der Waals surface area contributed by atoms with Gasteiger partial charge in [0.25, 0.3) is 0 Å². The lowest BCUT2D eigenvalue weighted by molar-refractivity contribution is 0.496. The van der Waals surface area contributed by atoms with Gasteiger partial charge in [-0.05, 0) is 11.6 Å². The minimum atomic E-state index is -1.28. The third-order valence-electron chi connectivity index (χ3n) is 2.25. The number of aromatic nitrogens is 3. The van der Waals surface area contributed by atoms with Crippen LogP contribution in [-0.4, -0.2) is 29.0 Å². The molecule has 0 amide bonds. The molecule has 1 aromatic carbocycles. The molecule has 0 saturated heterocycles. The molecule has 0 aliphatic carbocycles. The Kier molecular flexibility index (Phi) is 3.93. The normalized spacial score (nSPS) is 10.5. The molecule has 106 valence electrons. The van der Waals surface area contributed by atoms with Crippen LogP contribution < -0.4 is 10.2 Å².